The maximum Gasteiger partial charge on any atom is 0.305 e. The van der Waals surface area contributed by atoms with E-state index in [1.807, 2.05) is 0 Å². The van der Waals surface area contributed by atoms with Gasteiger partial charge in [0, 0.05) is 12.1 Å². The van der Waals surface area contributed by atoms with E-state index in [1.165, 1.54) is 12.5 Å². The Morgan fingerprint density at radius 1 is 1.32 bits per heavy atom. The van der Waals surface area contributed by atoms with Gasteiger partial charge in [-0.2, -0.15) is 4.39 Å². The van der Waals surface area contributed by atoms with Crippen molar-refractivity contribution in [1.82, 2.24) is 0 Å². The molecule has 2 rings (SSSR count). The third-order valence-corrected chi connectivity index (χ3v) is 3.95. The Morgan fingerprint density at radius 3 is 2.79 bits per heavy atom. The highest BCUT2D eigenvalue weighted by Crippen LogP contribution is 2.28. The van der Waals surface area contributed by atoms with Crippen LogP contribution >= 0.6 is 0 Å². The zero-order valence-electron chi connectivity index (χ0n) is 10.8. The summed E-state index contributed by atoms with van der Waals surface area (Å²) in [6.07, 6.45) is 5.82. The standard InChI is InChI=1S/C14H19FN2O2/c15-14-11(6-4-8-13(14)17(18)19)9-10-5-2-1-3-7-12(10)16/h4,6,8,10,12H,1-3,5,7,9,16H2. The van der Waals surface area contributed by atoms with Crippen LogP contribution in [0.2, 0.25) is 0 Å². The molecule has 2 unspecified atom stereocenters. The van der Waals surface area contributed by atoms with Gasteiger partial charge < -0.3 is 5.73 Å². The Bertz CT molecular complexity index is 465. The fraction of sp³-hybridized carbons (Fsp3) is 0.571. The number of nitro benzene ring substituents is 1. The van der Waals surface area contributed by atoms with Gasteiger partial charge in [-0.25, -0.2) is 0 Å². The van der Waals surface area contributed by atoms with Crippen LogP contribution in [0.3, 0.4) is 0 Å². The molecule has 2 N–H and O–H groups in total. The molecule has 5 heteroatoms. The predicted octanol–water partition coefficient (Wildman–Crippen LogP) is 3.18. The quantitative estimate of drug-likeness (QED) is 0.519. The van der Waals surface area contributed by atoms with Gasteiger partial charge in [0.15, 0.2) is 0 Å². The molecule has 0 bridgehead atoms. The molecule has 4 nitrogen and oxygen atoms in total. The van der Waals surface area contributed by atoms with Crippen molar-refractivity contribution >= 4 is 5.69 Å². The lowest BCUT2D eigenvalue weighted by Gasteiger charge is -2.21. The van der Waals surface area contributed by atoms with E-state index in [-0.39, 0.29) is 12.0 Å². The van der Waals surface area contributed by atoms with E-state index in [0.717, 1.165) is 25.7 Å². The van der Waals surface area contributed by atoms with Crippen molar-refractivity contribution in [3.8, 4) is 0 Å². The number of hydrogen-bond acceptors (Lipinski definition) is 3. The van der Waals surface area contributed by atoms with Crippen molar-refractivity contribution in [1.29, 1.82) is 0 Å². The molecule has 19 heavy (non-hydrogen) atoms. The second kappa shape index (κ2) is 6.10. The molecule has 1 aromatic carbocycles. The number of halogens is 1. The molecule has 1 saturated carbocycles. The van der Waals surface area contributed by atoms with E-state index in [4.69, 9.17) is 5.73 Å². The first kappa shape index (κ1) is 13.9. The lowest BCUT2D eigenvalue weighted by atomic mass is 9.88. The van der Waals surface area contributed by atoms with Crippen molar-refractivity contribution in [3.63, 3.8) is 0 Å². The van der Waals surface area contributed by atoms with E-state index >= 15 is 0 Å². The van der Waals surface area contributed by atoms with Gasteiger partial charge in [0.25, 0.3) is 0 Å². The van der Waals surface area contributed by atoms with Crippen molar-refractivity contribution in [2.24, 2.45) is 11.7 Å². The van der Waals surface area contributed by atoms with Crippen LogP contribution in [0.1, 0.15) is 37.7 Å². The number of nitrogens with zero attached hydrogens (tertiary/aromatic N) is 1. The summed E-state index contributed by atoms with van der Waals surface area (Å²) >= 11 is 0. The molecule has 0 aromatic heterocycles. The summed E-state index contributed by atoms with van der Waals surface area (Å²) in [6.45, 7) is 0. The molecule has 0 amide bonds. The van der Waals surface area contributed by atoms with Crippen LogP contribution in [0.15, 0.2) is 18.2 Å². The summed E-state index contributed by atoms with van der Waals surface area (Å²) in [5.74, 6) is -0.483. The van der Waals surface area contributed by atoms with Gasteiger partial charge in [0.05, 0.1) is 4.92 Å². The largest absolute Gasteiger partial charge is 0.327 e. The Labute approximate surface area is 112 Å². The Morgan fingerprint density at radius 2 is 2.05 bits per heavy atom. The van der Waals surface area contributed by atoms with Crippen molar-refractivity contribution < 1.29 is 9.31 Å². The number of hydrogen-bond donors (Lipinski definition) is 1. The third kappa shape index (κ3) is 3.29. The molecule has 0 saturated heterocycles. The van der Waals surface area contributed by atoms with E-state index in [1.54, 1.807) is 12.1 Å². The third-order valence-electron chi connectivity index (χ3n) is 3.95. The monoisotopic (exact) mass is 266 g/mol. The van der Waals surface area contributed by atoms with Gasteiger partial charge in [-0.15, -0.1) is 0 Å². The van der Waals surface area contributed by atoms with Gasteiger partial charge in [-0.05, 0) is 30.7 Å². The van der Waals surface area contributed by atoms with Crippen LogP contribution < -0.4 is 5.73 Å². The average Bonchev–Trinajstić information content (AvgIpc) is 2.57. The highest BCUT2D eigenvalue weighted by Gasteiger charge is 2.24. The van der Waals surface area contributed by atoms with Crippen LogP contribution in [-0.4, -0.2) is 11.0 Å². The second-order valence-corrected chi connectivity index (χ2v) is 5.27. The average molecular weight is 266 g/mol. The molecule has 2 atom stereocenters. The van der Waals surface area contributed by atoms with Gasteiger partial charge >= 0.3 is 5.69 Å². The summed E-state index contributed by atoms with van der Waals surface area (Å²) < 4.78 is 14.0. The van der Waals surface area contributed by atoms with Crippen molar-refractivity contribution in [2.45, 2.75) is 44.6 Å². The minimum atomic E-state index is -0.705. The minimum Gasteiger partial charge on any atom is -0.327 e. The normalized spacial score (nSPS) is 23.9. The highest BCUT2D eigenvalue weighted by molar-refractivity contribution is 5.37. The molecule has 104 valence electrons. The molecule has 0 heterocycles. The smallest absolute Gasteiger partial charge is 0.305 e. The first-order valence-corrected chi connectivity index (χ1v) is 6.77. The molecule has 1 aromatic rings. The Hall–Kier alpha value is -1.49. The summed E-state index contributed by atoms with van der Waals surface area (Å²) in [4.78, 5) is 10.1. The lowest BCUT2D eigenvalue weighted by Crippen LogP contribution is -2.30. The Kier molecular flexibility index (Phi) is 4.47. The topological polar surface area (TPSA) is 69.2 Å². The van der Waals surface area contributed by atoms with Crippen molar-refractivity contribution in [2.75, 3.05) is 0 Å². The van der Waals surface area contributed by atoms with Gasteiger partial charge in [-0.3, -0.25) is 10.1 Å². The summed E-state index contributed by atoms with van der Waals surface area (Å²) in [5.41, 5.74) is 6.09. The maximum absolute atomic E-state index is 14.0. The van der Waals surface area contributed by atoms with Crippen LogP contribution in [0.25, 0.3) is 0 Å². The van der Waals surface area contributed by atoms with E-state index < -0.39 is 16.4 Å². The highest BCUT2D eigenvalue weighted by atomic mass is 19.1. The molecule has 0 aliphatic heterocycles. The van der Waals surface area contributed by atoms with E-state index in [0.29, 0.717) is 12.0 Å². The fourth-order valence-corrected chi connectivity index (χ4v) is 2.81. The Balaban J connectivity index is 2.18. The number of nitrogens with two attached hydrogens (primary N) is 1. The van der Waals surface area contributed by atoms with Crippen LogP contribution in [0.5, 0.6) is 0 Å². The predicted molar refractivity (Wildman–Crippen MR) is 71.3 cm³/mol. The van der Waals surface area contributed by atoms with Gasteiger partial charge in [0.2, 0.25) is 5.82 Å². The van der Waals surface area contributed by atoms with E-state index in [2.05, 4.69) is 0 Å². The van der Waals surface area contributed by atoms with Gasteiger partial charge in [0.1, 0.15) is 0 Å². The SMILES string of the molecule is NC1CCCCCC1Cc1cccc([N+](=O)[O-])c1F. The molecule has 0 spiro atoms. The molecule has 1 aliphatic rings. The summed E-state index contributed by atoms with van der Waals surface area (Å²) in [6, 6.07) is 4.44. The minimum absolute atomic E-state index is 0.0705. The summed E-state index contributed by atoms with van der Waals surface area (Å²) in [7, 11) is 0. The molecule has 1 aliphatic carbocycles. The number of benzene rings is 1. The van der Waals surface area contributed by atoms with Crippen LogP contribution in [-0.2, 0) is 6.42 Å². The summed E-state index contributed by atoms with van der Waals surface area (Å²) in [5, 5.41) is 10.7. The van der Waals surface area contributed by atoms with Crippen LogP contribution in [0.4, 0.5) is 10.1 Å². The maximum atomic E-state index is 14.0. The van der Waals surface area contributed by atoms with Crippen molar-refractivity contribution in [3.05, 3.63) is 39.7 Å². The van der Waals surface area contributed by atoms with Crippen LogP contribution in [0, 0.1) is 21.8 Å². The molecule has 1 fully saturated rings. The number of nitro groups is 1. The first-order valence-electron chi connectivity index (χ1n) is 6.77. The number of rotatable bonds is 3. The zero-order chi connectivity index (χ0) is 13.8. The second-order valence-electron chi connectivity index (χ2n) is 5.27. The van der Waals surface area contributed by atoms with Gasteiger partial charge in [-0.1, -0.05) is 31.4 Å². The van der Waals surface area contributed by atoms with E-state index in [9.17, 15) is 14.5 Å². The fourth-order valence-electron chi connectivity index (χ4n) is 2.81. The first-order chi connectivity index (χ1) is 9.09. The molecule has 0 radical (unpaired) electrons. The lowest BCUT2D eigenvalue weighted by molar-refractivity contribution is -0.387. The molecular weight excluding hydrogens is 247 g/mol. The zero-order valence-corrected chi connectivity index (χ0v) is 10.8. The molecular formula is C14H19FN2O2.